The van der Waals surface area contributed by atoms with Crippen molar-refractivity contribution in [1.82, 2.24) is 0 Å². The first kappa shape index (κ1) is 16.6. The zero-order valence-corrected chi connectivity index (χ0v) is 13.9. The lowest BCUT2D eigenvalue weighted by atomic mass is 10.1. The molecule has 0 atom stereocenters. The second kappa shape index (κ2) is 6.70. The smallest absolute Gasteiger partial charge is 0.359 e. The van der Waals surface area contributed by atoms with Crippen molar-refractivity contribution in [2.45, 2.75) is 4.90 Å². The summed E-state index contributed by atoms with van der Waals surface area (Å²) < 4.78 is 29.5. The molecular weight excluding hydrogens is 340 g/mol. The van der Waals surface area contributed by atoms with Crippen LogP contribution in [0.2, 0.25) is 0 Å². The van der Waals surface area contributed by atoms with Crippen molar-refractivity contribution in [3.8, 4) is 0 Å². The lowest BCUT2D eigenvalue weighted by molar-refractivity contribution is 0.338. The van der Waals surface area contributed by atoms with Crippen LogP contribution in [-0.4, -0.2) is 14.4 Å². The van der Waals surface area contributed by atoms with Crippen LogP contribution in [-0.2, 0) is 14.4 Å². The van der Waals surface area contributed by atoms with Crippen molar-refractivity contribution in [1.29, 1.82) is 0 Å². The number of para-hydroxylation sites is 1. The van der Waals surface area contributed by atoms with Crippen LogP contribution in [0.1, 0.15) is 0 Å². The highest BCUT2D eigenvalue weighted by molar-refractivity contribution is 7.87. The summed E-state index contributed by atoms with van der Waals surface area (Å²) in [6.07, 6.45) is 0. The number of fused-ring (bicyclic) bond motifs is 1. The Kier molecular flexibility index (Phi) is 4.44. The summed E-state index contributed by atoms with van der Waals surface area (Å²) in [5.74, 6) is -0.480. The summed E-state index contributed by atoms with van der Waals surface area (Å²) in [6, 6.07) is 19.7. The van der Waals surface area contributed by atoms with Gasteiger partial charge in [-0.25, -0.2) is 0 Å². The molecule has 0 bridgehead atoms. The molecule has 3 aromatic rings. The molecule has 0 saturated heterocycles. The van der Waals surface area contributed by atoms with Gasteiger partial charge in [-0.3, -0.25) is 4.28 Å². The Balaban J connectivity index is 2.15. The molecule has 7 nitrogen and oxygen atoms in total. The van der Waals surface area contributed by atoms with E-state index in [-0.39, 0.29) is 4.90 Å². The van der Waals surface area contributed by atoms with E-state index in [1.54, 1.807) is 12.1 Å². The third-order valence-corrected chi connectivity index (χ3v) is 4.58. The molecule has 0 radical (unpaired) electrons. The number of hydrogen-bond acceptors (Lipinski definition) is 5. The van der Waals surface area contributed by atoms with E-state index in [0.29, 0.717) is 11.1 Å². The number of nitrogens with one attached hydrogen (secondary N) is 1. The second-order valence-electron chi connectivity index (χ2n) is 5.20. The molecule has 0 aromatic heterocycles. The van der Waals surface area contributed by atoms with Gasteiger partial charge in [0, 0.05) is 16.8 Å². The summed E-state index contributed by atoms with van der Waals surface area (Å²) in [7, 11) is -4.18. The molecule has 3 aromatic carbocycles. The highest BCUT2D eigenvalue weighted by atomic mass is 32.2. The maximum absolute atomic E-state index is 12.5. The van der Waals surface area contributed by atoms with E-state index in [1.807, 2.05) is 48.5 Å². The molecule has 0 aliphatic carbocycles. The Hall–Kier alpha value is -3.26. The maximum Gasteiger partial charge on any atom is 0.359 e. The van der Waals surface area contributed by atoms with Gasteiger partial charge in [-0.1, -0.05) is 42.5 Å². The molecule has 0 heterocycles. The fourth-order valence-corrected chi connectivity index (χ4v) is 3.42. The van der Waals surface area contributed by atoms with Gasteiger partial charge in [0.2, 0.25) is 5.96 Å². The van der Waals surface area contributed by atoms with Gasteiger partial charge in [0.15, 0.2) is 0 Å². The van der Waals surface area contributed by atoms with Gasteiger partial charge >= 0.3 is 10.1 Å². The Morgan fingerprint density at radius 2 is 1.60 bits per heavy atom. The number of guanidine groups is 1. The summed E-state index contributed by atoms with van der Waals surface area (Å²) in [6.45, 7) is 0. The van der Waals surface area contributed by atoms with E-state index < -0.39 is 16.1 Å². The van der Waals surface area contributed by atoms with E-state index in [9.17, 15) is 8.42 Å². The molecule has 0 aliphatic heterocycles. The zero-order chi connectivity index (χ0) is 17.9. The van der Waals surface area contributed by atoms with E-state index >= 15 is 0 Å². The van der Waals surface area contributed by atoms with E-state index in [1.165, 1.54) is 6.07 Å². The number of nitrogens with zero attached hydrogens (tertiary/aromatic N) is 1. The van der Waals surface area contributed by atoms with Crippen molar-refractivity contribution in [3.63, 3.8) is 0 Å². The van der Waals surface area contributed by atoms with Crippen LogP contribution in [0, 0.1) is 0 Å². The molecule has 0 aliphatic rings. The average molecular weight is 356 g/mol. The van der Waals surface area contributed by atoms with Crippen molar-refractivity contribution in [2.24, 2.45) is 16.6 Å². The fraction of sp³-hybridized carbons (Fsp3) is 0. The lowest BCUT2D eigenvalue weighted by Gasteiger charge is -2.13. The van der Waals surface area contributed by atoms with Crippen molar-refractivity contribution in [3.05, 3.63) is 66.7 Å². The lowest BCUT2D eigenvalue weighted by Crippen LogP contribution is -2.23. The first-order valence-electron chi connectivity index (χ1n) is 7.34. The Labute approximate surface area is 145 Å². The number of benzene rings is 3. The Morgan fingerprint density at radius 1 is 0.920 bits per heavy atom. The monoisotopic (exact) mass is 356 g/mol. The first-order valence-corrected chi connectivity index (χ1v) is 8.74. The summed E-state index contributed by atoms with van der Waals surface area (Å²) in [5.41, 5.74) is 11.7. The van der Waals surface area contributed by atoms with E-state index in [0.717, 1.165) is 11.1 Å². The Bertz CT molecular complexity index is 1020. The molecule has 0 amide bonds. The number of oxime groups is 1. The molecule has 128 valence electrons. The van der Waals surface area contributed by atoms with Crippen LogP contribution in [0.3, 0.4) is 0 Å². The topological polar surface area (TPSA) is 120 Å². The molecule has 0 unspecified atom stereocenters. The molecule has 0 spiro atoms. The van der Waals surface area contributed by atoms with Crippen LogP contribution in [0.4, 0.5) is 11.4 Å². The number of anilines is 2. The largest absolute Gasteiger partial charge is 0.367 e. The second-order valence-corrected chi connectivity index (χ2v) is 6.69. The highest BCUT2D eigenvalue weighted by Gasteiger charge is 2.21. The number of hydrogen-bond donors (Lipinski definition) is 3. The quantitative estimate of drug-likeness (QED) is 0.367. The zero-order valence-electron chi connectivity index (χ0n) is 13.1. The highest BCUT2D eigenvalue weighted by Crippen LogP contribution is 2.32. The van der Waals surface area contributed by atoms with Gasteiger partial charge in [-0.15, -0.1) is 0 Å². The van der Waals surface area contributed by atoms with Crippen LogP contribution in [0.25, 0.3) is 10.8 Å². The van der Waals surface area contributed by atoms with Gasteiger partial charge in [0.25, 0.3) is 0 Å². The fourth-order valence-electron chi connectivity index (χ4n) is 2.43. The molecule has 5 N–H and O–H groups in total. The minimum atomic E-state index is -4.18. The minimum absolute atomic E-state index is 0.0333. The standard InChI is InChI=1S/C17H16N4O3S/c18-17(19)21-24-25(22,23)15-11-5-7-12-6-4-10-14(16(12)15)20-13-8-2-1-3-9-13/h1-11,20H,(H4,18,19,21). The minimum Gasteiger partial charge on any atom is -0.367 e. The van der Waals surface area contributed by atoms with Crippen molar-refractivity contribution >= 4 is 38.2 Å². The summed E-state index contributed by atoms with van der Waals surface area (Å²) in [4.78, 5) is -0.0333. The van der Waals surface area contributed by atoms with Gasteiger partial charge in [0.1, 0.15) is 4.90 Å². The van der Waals surface area contributed by atoms with Crippen LogP contribution >= 0.6 is 0 Å². The molecule has 8 heteroatoms. The molecular formula is C17H16N4O3S. The van der Waals surface area contributed by atoms with Gasteiger partial charge in [0.05, 0.1) is 0 Å². The Morgan fingerprint density at radius 3 is 2.28 bits per heavy atom. The van der Waals surface area contributed by atoms with E-state index in [2.05, 4.69) is 14.8 Å². The number of rotatable bonds is 5. The predicted octanol–water partition coefficient (Wildman–Crippen LogP) is 2.48. The van der Waals surface area contributed by atoms with Gasteiger partial charge in [-0.2, -0.15) is 8.42 Å². The summed E-state index contributed by atoms with van der Waals surface area (Å²) >= 11 is 0. The van der Waals surface area contributed by atoms with Crippen LogP contribution < -0.4 is 16.8 Å². The first-order chi connectivity index (χ1) is 12.0. The molecule has 25 heavy (non-hydrogen) atoms. The van der Waals surface area contributed by atoms with Gasteiger partial charge in [-0.05, 0) is 34.8 Å². The third kappa shape index (κ3) is 3.64. The van der Waals surface area contributed by atoms with Gasteiger partial charge < -0.3 is 16.8 Å². The van der Waals surface area contributed by atoms with Crippen molar-refractivity contribution in [2.75, 3.05) is 5.32 Å². The van der Waals surface area contributed by atoms with Crippen molar-refractivity contribution < 1.29 is 12.7 Å². The normalized spacial score (nSPS) is 11.0. The summed E-state index contributed by atoms with van der Waals surface area (Å²) in [5, 5.41) is 7.59. The maximum atomic E-state index is 12.5. The predicted molar refractivity (Wildman–Crippen MR) is 97.8 cm³/mol. The number of nitrogens with two attached hydrogens (primary N) is 2. The van der Waals surface area contributed by atoms with Crippen LogP contribution in [0.5, 0.6) is 0 Å². The SMILES string of the molecule is NC(N)=NOS(=O)(=O)c1cccc2cccc(Nc3ccccc3)c12. The average Bonchev–Trinajstić information content (AvgIpc) is 2.61. The third-order valence-electron chi connectivity index (χ3n) is 3.43. The molecule has 0 saturated carbocycles. The van der Waals surface area contributed by atoms with Crippen LogP contribution in [0.15, 0.2) is 76.8 Å². The molecule has 3 rings (SSSR count). The van der Waals surface area contributed by atoms with E-state index in [4.69, 9.17) is 11.5 Å². The molecule has 0 fully saturated rings.